The Kier molecular flexibility index (Phi) is 4.51. The SMILES string of the molecule is Cc1ccc(-c2oc3ccc(Cl)cc3c(=O)c2O[C@H](C)C(=O)[O-])cc1. The van der Waals surface area contributed by atoms with E-state index in [0.717, 1.165) is 5.56 Å². The van der Waals surface area contributed by atoms with Crippen molar-refractivity contribution in [2.45, 2.75) is 20.0 Å². The van der Waals surface area contributed by atoms with Crippen molar-refractivity contribution in [3.63, 3.8) is 0 Å². The fourth-order valence-corrected chi connectivity index (χ4v) is 2.55. The van der Waals surface area contributed by atoms with Gasteiger partial charge in [-0.3, -0.25) is 4.79 Å². The van der Waals surface area contributed by atoms with Gasteiger partial charge in [-0.1, -0.05) is 41.4 Å². The van der Waals surface area contributed by atoms with Crippen LogP contribution in [0.5, 0.6) is 5.75 Å². The first-order chi connectivity index (χ1) is 11.9. The van der Waals surface area contributed by atoms with E-state index in [9.17, 15) is 14.7 Å². The number of hydrogen-bond donors (Lipinski definition) is 0. The van der Waals surface area contributed by atoms with Crippen LogP contribution in [0, 0.1) is 6.92 Å². The number of aliphatic carboxylic acids is 1. The molecule has 0 saturated carbocycles. The zero-order valence-electron chi connectivity index (χ0n) is 13.5. The lowest BCUT2D eigenvalue weighted by atomic mass is 10.1. The number of carboxylic acid groups (broad SMARTS) is 1. The lowest BCUT2D eigenvalue weighted by molar-refractivity contribution is -0.312. The monoisotopic (exact) mass is 357 g/mol. The summed E-state index contributed by atoms with van der Waals surface area (Å²) in [6.07, 6.45) is -1.32. The van der Waals surface area contributed by atoms with Crippen LogP contribution in [0.15, 0.2) is 51.7 Å². The van der Waals surface area contributed by atoms with Gasteiger partial charge in [0, 0.05) is 10.6 Å². The second-order valence-corrected chi connectivity index (χ2v) is 6.11. The number of aryl methyl sites for hydroxylation is 1. The molecule has 6 heteroatoms. The van der Waals surface area contributed by atoms with E-state index in [4.69, 9.17) is 20.8 Å². The Hall–Kier alpha value is -2.79. The van der Waals surface area contributed by atoms with Crippen LogP contribution in [0.2, 0.25) is 5.02 Å². The molecule has 1 atom stereocenters. The van der Waals surface area contributed by atoms with Gasteiger partial charge in [-0.2, -0.15) is 0 Å². The Bertz CT molecular complexity index is 1000. The molecule has 0 fully saturated rings. The zero-order chi connectivity index (χ0) is 18.1. The number of hydrogen-bond acceptors (Lipinski definition) is 5. The normalized spacial score (nSPS) is 12.1. The van der Waals surface area contributed by atoms with Crippen LogP contribution >= 0.6 is 11.6 Å². The Morgan fingerprint density at radius 1 is 1.20 bits per heavy atom. The van der Waals surface area contributed by atoms with E-state index in [1.165, 1.54) is 13.0 Å². The van der Waals surface area contributed by atoms with Crippen molar-refractivity contribution in [1.29, 1.82) is 0 Å². The lowest BCUT2D eigenvalue weighted by Gasteiger charge is -2.17. The van der Waals surface area contributed by atoms with E-state index >= 15 is 0 Å². The molecule has 3 aromatic rings. The number of fused-ring (bicyclic) bond motifs is 1. The fourth-order valence-electron chi connectivity index (χ4n) is 2.38. The zero-order valence-corrected chi connectivity index (χ0v) is 14.3. The van der Waals surface area contributed by atoms with Gasteiger partial charge in [0.1, 0.15) is 11.7 Å². The molecule has 128 valence electrons. The molecule has 0 bridgehead atoms. The van der Waals surface area contributed by atoms with Crippen molar-refractivity contribution in [3.05, 3.63) is 63.3 Å². The number of halogens is 1. The highest BCUT2D eigenvalue weighted by molar-refractivity contribution is 6.31. The molecule has 25 heavy (non-hydrogen) atoms. The summed E-state index contributed by atoms with van der Waals surface area (Å²) in [7, 11) is 0. The van der Waals surface area contributed by atoms with Gasteiger partial charge in [-0.05, 0) is 32.0 Å². The maximum atomic E-state index is 12.8. The van der Waals surface area contributed by atoms with Crippen molar-refractivity contribution in [2.24, 2.45) is 0 Å². The smallest absolute Gasteiger partial charge is 0.235 e. The maximum absolute atomic E-state index is 12.8. The van der Waals surface area contributed by atoms with Gasteiger partial charge in [-0.15, -0.1) is 0 Å². The van der Waals surface area contributed by atoms with Crippen LogP contribution in [0.1, 0.15) is 12.5 Å². The first kappa shape index (κ1) is 17.0. The van der Waals surface area contributed by atoms with Gasteiger partial charge in [0.25, 0.3) is 0 Å². The van der Waals surface area contributed by atoms with Gasteiger partial charge in [0.15, 0.2) is 5.76 Å². The molecule has 1 aromatic heterocycles. The number of rotatable bonds is 4. The fraction of sp³-hybridized carbons (Fsp3) is 0.158. The molecular weight excluding hydrogens is 344 g/mol. The molecule has 0 radical (unpaired) electrons. The molecule has 0 N–H and O–H groups in total. The first-order valence-electron chi connectivity index (χ1n) is 7.57. The lowest BCUT2D eigenvalue weighted by Crippen LogP contribution is -2.38. The first-order valence-corrected chi connectivity index (χ1v) is 7.95. The van der Waals surface area contributed by atoms with Crippen molar-refractivity contribution >= 4 is 28.5 Å². The summed E-state index contributed by atoms with van der Waals surface area (Å²) in [6.45, 7) is 3.22. The van der Waals surface area contributed by atoms with E-state index in [2.05, 4.69) is 0 Å². The van der Waals surface area contributed by atoms with Gasteiger partial charge >= 0.3 is 0 Å². The molecule has 0 unspecified atom stereocenters. The largest absolute Gasteiger partial charge is 0.546 e. The second kappa shape index (κ2) is 6.61. The predicted molar refractivity (Wildman–Crippen MR) is 92.8 cm³/mol. The van der Waals surface area contributed by atoms with Gasteiger partial charge in [-0.25, -0.2) is 0 Å². The summed E-state index contributed by atoms with van der Waals surface area (Å²) >= 11 is 5.95. The number of carboxylic acids is 1. The Morgan fingerprint density at radius 3 is 2.52 bits per heavy atom. The van der Waals surface area contributed by atoms with Crippen molar-refractivity contribution in [1.82, 2.24) is 0 Å². The van der Waals surface area contributed by atoms with Crippen LogP contribution in [-0.2, 0) is 4.79 Å². The molecule has 0 aliphatic heterocycles. The van der Waals surface area contributed by atoms with Gasteiger partial charge in [0.2, 0.25) is 11.2 Å². The average Bonchev–Trinajstić information content (AvgIpc) is 2.58. The van der Waals surface area contributed by atoms with Crippen molar-refractivity contribution in [3.8, 4) is 17.1 Å². The van der Waals surface area contributed by atoms with Crippen LogP contribution in [0.3, 0.4) is 0 Å². The third-order valence-electron chi connectivity index (χ3n) is 3.75. The minimum absolute atomic E-state index is 0.160. The highest BCUT2D eigenvalue weighted by atomic mass is 35.5. The Morgan fingerprint density at radius 2 is 1.88 bits per heavy atom. The van der Waals surface area contributed by atoms with Crippen molar-refractivity contribution < 1.29 is 19.1 Å². The van der Waals surface area contributed by atoms with Gasteiger partial charge in [0.05, 0.1) is 11.4 Å². The van der Waals surface area contributed by atoms with Crippen LogP contribution in [0.25, 0.3) is 22.3 Å². The molecular formula is C19H14ClO5-. The third-order valence-corrected chi connectivity index (χ3v) is 3.99. The van der Waals surface area contributed by atoms with Crippen molar-refractivity contribution in [2.75, 3.05) is 0 Å². The summed E-state index contributed by atoms with van der Waals surface area (Å²) in [5.74, 6) is -1.45. The van der Waals surface area contributed by atoms with E-state index in [1.807, 2.05) is 19.1 Å². The second-order valence-electron chi connectivity index (χ2n) is 5.68. The standard InChI is InChI=1S/C19H15ClO5/c1-10-3-5-12(6-4-10)17-18(24-11(2)19(22)23)16(21)14-9-13(20)7-8-15(14)25-17/h3-9,11H,1-2H3,(H,22,23)/p-1/t11-/m1/s1. The minimum Gasteiger partial charge on any atom is -0.546 e. The molecule has 1 heterocycles. The number of benzene rings is 2. The topological polar surface area (TPSA) is 79.6 Å². The van der Waals surface area contributed by atoms with Crippen LogP contribution in [-0.4, -0.2) is 12.1 Å². The summed E-state index contributed by atoms with van der Waals surface area (Å²) < 4.78 is 11.2. The average molecular weight is 358 g/mol. The highest BCUT2D eigenvalue weighted by Crippen LogP contribution is 2.32. The molecule has 0 amide bonds. The molecule has 0 saturated heterocycles. The molecule has 0 aliphatic rings. The summed E-state index contributed by atoms with van der Waals surface area (Å²) in [6, 6.07) is 11.9. The Labute approximate surface area is 148 Å². The van der Waals surface area contributed by atoms with E-state index in [1.54, 1.807) is 24.3 Å². The molecule has 5 nitrogen and oxygen atoms in total. The summed E-state index contributed by atoms with van der Waals surface area (Å²) in [5.41, 5.74) is 1.47. The number of carbonyl (C=O) groups is 1. The number of carbonyl (C=O) groups excluding carboxylic acids is 1. The molecule has 0 spiro atoms. The Balaban J connectivity index is 2.29. The summed E-state index contributed by atoms with van der Waals surface area (Å²) in [5, 5.41) is 11.6. The van der Waals surface area contributed by atoms with Crippen LogP contribution < -0.4 is 15.3 Å². The third kappa shape index (κ3) is 3.37. The van der Waals surface area contributed by atoms with E-state index in [0.29, 0.717) is 16.2 Å². The quantitative estimate of drug-likeness (QED) is 0.717. The van der Waals surface area contributed by atoms with Crippen LogP contribution in [0.4, 0.5) is 0 Å². The van der Waals surface area contributed by atoms with Gasteiger partial charge < -0.3 is 19.1 Å². The number of ether oxygens (including phenoxy) is 1. The minimum atomic E-state index is -1.43. The molecule has 3 rings (SSSR count). The predicted octanol–water partition coefficient (Wildman–Crippen LogP) is 2.94. The molecule has 2 aromatic carbocycles. The van der Waals surface area contributed by atoms with E-state index < -0.39 is 17.5 Å². The summed E-state index contributed by atoms with van der Waals surface area (Å²) in [4.78, 5) is 23.9. The maximum Gasteiger partial charge on any atom is 0.235 e. The van der Waals surface area contributed by atoms with E-state index in [-0.39, 0.29) is 16.9 Å². The highest BCUT2D eigenvalue weighted by Gasteiger charge is 2.20. The molecule has 0 aliphatic carbocycles.